The normalized spacial score (nSPS) is 10.2. The van der Waals surface area contributed by atoms with E-state index in [2.05, 4.69) is 0 Å². The van der Waals surface area contributed by atoms with Gasteiger partial charge >= 0.3 is 5.97 Å². The molecule has 0 spiro atoms. The van der Waals surface area contributed by atoms with Gasteiger partial charge in [-0.15, -0.1) is 0 Å². The Morgan fingerprint density at radius 1 is 1.15 bits per heavy atom. The largest absolute Gasteiger partial charge is 0.478 e. The fourth-order valence-electron chi connectivity index (χ4n) is 1.63. The fourth-order valence-corrected chi connectivity index (χ4v) is 1.63. The molecule has 0 aliphatic carbocycles. The van der Waals surface area contributed by atoms with Crippen molar-refractivity contribution in [2.45, 2.75) is 6.61 Å². The van der Waals surface area contributed by atoms with Crippen molar-refractivity contribution >= 4 is 11.7 Å². The van der Waals surface area contributed by atoms with Crippen LogP contribution in [0.15, 0.2) is 48.5 Å². The van der Waals surface area contributed by atoms with Crippen LogP contribution in [0.1, 0.15) is 15.9 Å². The molecule has 0 fully saturated rings. The van der Waals surface area contributed by atoms with Crippen molar-refractivity contribution in [3.8, 4) is 5.75 Å². The molecule has 5 heteroatoms. The molecule has 2 aromatic rings. The van der Waals surface area contributed by atoms with Crippen LogP contribution in [0.25, 0.3) is 0 Å². The maximum Gasteiger partial charge on any atom is 0.335 e. The monoisotopic (exact) mass is 273 g/mol. The smallest absolute Gasteiger partial charge is 0.335 e. The number of rotatable bonds is 6. The van der Waals surface area contributed by atoms with Crippen LogP contribution >= 0.6 is 0 Å². The first kappa shape index (κ1) is 13.9. The minimum absolute atomic E-state index is 0.00215. The Morgan fingerprint density at radius 3 is 2.60 bits per heavy atom. The highest BCUT2D eigenvalue weighted by atomic mass is 16.7. The van der Waals surface area contributed by atoms with Crippen molar-refractivity contribution in [2.75, 3.05) is 12.5 Å². The molecule has 2 rings (SSSR count). The van der Waals surface area contributed by atoms with E-state index in [0.29, 0.717) is 18.0 Å². The molecule has 0 saturated carbocycles. The summed E-state index contributed by atoms with van der Waals surface area (Å²) in [5.74, 6) is -0.724. The molecule has 0 amide bonds. The number of hydrogen-bond donors (Lipinski definition) is 2. The number of carboxylic acid groups (broad SMARTS) is 1. The quantitative estimate of drug-likeness (QED) is 0.480. The van der Waals surface area contributed by atoms with Gasteiger partial charge < -0.3 is 20.3 Å². The zero-order valence-electron chi connectivity index (χ0n) is 10.8. The maximum absolute atomic E-state index is 10.9. The summed E-state index contributed by atoms with van der Waals surface area (Å²) >= 11 is 0. The first-order valence-corrected chi connectivity index (χ1v) is 6.04. The van der Waals surface area contributed by atoms with Crippen molar-refractivity contribution < 1.29 is 19.4 Å². The van der Waals surface area contributed by atoms with E-state index in [1.807, 2.05) is 30.3 Å². The van der Waals surface area contributed by atoms with Gasteiger partial charge in [0.1, 0.15) is 5.75 Å². The summed E-state index contributed by atoms with van der Waals surface area (Å²) in [6.45, 7) is 0.418. The lowest BCUT2D eigenvalue weighted by Gasteiger charge is -2.10. The van der Waals surface area contributed by atoms with Crippen molar-refractivity contribution in [3.63, 3.8) is 0 Å². The Kier molecular flexibility index (Phi) is 4.57. The standard InChI is InChI=1S/C15H15NO4/c16-13-7-6-12(15(17)18)8-14(13)20-10-19-9-11-4-2-1-3-5-11/h1-8H,9-10,16H2,(H,17,18). The molecule has 104 valence electrons. The fraction of sp³-hybridized carbons (Fsp3) is 0.133. The maximum atomic E-state index is 10.9. The lowest BCUT2D eigenvalue weighted by atomic mass is 10.2. The number of nitrogen functional groups attached to an aromatic ring is 1. The topological polar surface area (TPSA) is 81.8 Å². The van der Waals surface area contributed by atoms with Crippen LogP contribution in [0.3, 0.4) is 0 Å². The predicted molar refractivity (Wildman–Crippen MR) is 74.5 cm³/mol. The molecule has 0 radical (unpaired) electrons. The summed E-state index contributed by atoms with van der Waals surface area (Å²) in [6.07, 6.45) is 0. The number of carboxylic acids is 1. The average Bonchev–Trinajstić information content (AvgIpc) is 2.46. The summed E-state index contributed by atoms with van der Waals surface area (Å²) in [5.41, 5.74) is 7.24. The van der Waals surface area contributed by atoms with Crippen LogP contribution in [-0.4, -0.2) is 17.9 Å². The highest BCUT2D eigenvalue weighted by Gasteiger charge is 2.07. The van der Waals surface area contributed by atoms with Gasteiger partial charge in [-0.25, -0.2) is 4.79 Å². The van der Waals surface area contributed by atoms with Crippen molar-refractivity contribution in [1.82, 2.24) is 0 Å². The number of carbonyl (C=O) groups is 1. The molecular weight excluding hydrogens is 258 g/mol. The Labute approximate surface area is 116 Å². The second-order valence-corrected chi connectivity index (χ2v) is 4.15. The molecule has 5 nitrogen and oxygen atoms in total. The van der Waals surface area contributed by atoms with Crippen molar-refractivity contribution in [1.29, 1.82) is 0 Å². The number of nitrogens with two attached hydrogens (primary N) is 1. The molecule has 3 N–H and O–H groups in total. The minimum Gasteiger partial charge on any atom is -0.478 e. The second kappa shape index (κ2) is 6.58. The number of anilines is 1. The SMILES string of the molecule is Nc1ccc(C(=O)O)cc1OCOCc1ccccc1. The average molecular weight is 273 g/mol. The van der Waals surface area contributed by atoms with Gasteiger partial charge in [-0.1, -0.05) is 30.3 Å². The zero-order chi connectivity index (χ0) is 14.4. The lowest BCUT2D eigenvalue weighted by molar-refractivity contribution is 0.00538. The number of aromatic carboxylic acids is 1. The summed E-state index contributed by atoms with van der Waals surface area (Å²) in [4.78, 5) is 10.9. The summed E-state index contributed by atoms with van der Waals surface area (Å²) < 4.78 is 10.7. The molecule has 0 aromatic heterocycles. The number of benzene rings is 2. The van der Waals surface area contributed by atoms with Gasteiger partial charge in [-0.3, -0.25) is 0 Å². The van der Waals surface area contributed by atoms with E-state index in [1.165, 1.54) is 18.2 Å². The van der Waals surface area contributed by atoms with Gasteiger partial charge in [0.2, 0.25) is 0 Å². The van der Waals surface area contributed by atoms with Gasteiger partial charge in [0.05, 0.1) is 17.9 Å². The van der Waals surface area contributed by atoms with Crippen LogP contribution in [0.4, 0.5) is 5.69 Å². The van der Waals surface area contributed by atoms with E-state index < -0.39 is 5.97 Å². The molecule has 0 atom stereocenters. The Morgan fingerprint density at radius 2 is 1.90 bits per heavy atom. The van der Waals surface area contributed by atoms with E-state index in [4.69, 9.17) is 20.3 Å². The molecule has 0 saturated heterocycles. The highest BCUT2D eigenvalue weighted by molar-refractivity contribution is 5.89. The van der Waals surface area contributed by atoms with Crippen LogP contribution in [0.5, 0.6) is 5.75 Å². The highest BCUT2D eigenvalue weighted by Crippen LogP contribution is 2.22. The third-order valence-corrected chi connectivity index (χ3v) is 2.67. The minimum atomic E-state index is -1.03. The zero-order valence-corrected chi connectivity index (χ0v) is 10.8. The molecule has 20 heavy (non-hydrogen) atoms. The lowest BCUT2D eigenvalue weighted by Crippen LogP contribution is -2.06. The van der Waals surface area contributed by atoms with Crippen molar-refractivity contribution in [3.05, 3.63) is 59.7 Å². The van der Waals surface area contributed by atoms with Crippen LogP contribution in [-0.2, 0) is 11.3 Å². The van der Waals surface area contributed by atoms with E-state index in [0.717, 1.165) is 5.56 Å². The van der Waals surface area contributed by atoms with E-state index in [1.54, 1.807) is 0 Å². The molecular formula is C15H15NO4. The summed E-state index contributed by atoms with van der Waals surface area (Å²) in [7, 11) is 0. The van der Waals surface area contributed by atoms with Gasteiger partial charge in [0, 0.05) is 0 Å². The molecule has 0 bridgehead atoms. The first-order valence-electron chi connectivity index (χ1n) is 6.04. The predicted octanol–water partition coefficient (Wildman–Crippen LogP) is 2.52. The number of hydrogen-bond acceptors (Lipinski definition) is 4. The summed E-state index contributed by atoms with van der Waals surface area (Å²) in [6, 6.07) is 14.0. The number of ether oxygens (including phenoxy) is 2. The third-order valence-electron chi connectivity index (χ3n) is 2.67. The Bertz CT molecular complexity index is 584. The Balaban J connectivity index is 1.88. The van der Waals surface area contributed by atoms with E-state index in [9.17, 15) is 4.79 Å². The summed E-state index contributed by atoms with van der Waals surface area (Å²) in [5, 5.41) is 8.89. The van der Waals surface area contributed by atoms with Crippen LogP contribution in [0.2, 0.25) is 0 Å². The van der Waals surface area contributed by atoms with Crippen LogP contribution < -0.4 is 10.5 Å². The molecule has 0 aliphatic rings. The molecule has 0 heterocycles. The van der Waals surface area contributed by atoms with Gasteiger partial charge in [-0.2, -0.15) is 0 Å². The van der Waals surface area contributed by atoms with Crippen molar-refractivity contribution in [2.24, 2.45) is 0 Å². The molecule has 0 aliphatic heterocycles. The molecule has 2 aromatic carbocycles. The molecule has 0 unspecified atom stereocenters. The third kappa shape index (κ3) is 3.73. The first-order chi connectivity index (χ1) is 9.66. The van der Waals surface area contributed by atoms with Gasteiger partial charge in [-0.05, 0) is 23.8 Å². The second-order valence-electron chi connectivity index (χ2n) is 4.15. The van der Waals surface area contributed by atoms with Crippen LogP contribution in [0, 0.1) is 0 Å². The van der Waals surface area contributed by atoms with Gasteiger partial charge in [0.25, 0.3) is 0 Å². The van der Waals surface area contributed by atoms with E-state index in [-0.39, 0.29) is 12.4 Å². The van der Waals surface area contributed by atoms with E-state index >= 15 is 0 Å². The van der Waals surface area contributed by atoms with Gasteiger partial charge in [0.15, 0.2) is 6.79 Å². The Hall–Kier alpha value is -2.53.